The molecule has 3 N–H and O–H groups in total. The van der Waals surface area contributed by atoms with Gasteiger partial charge in [0.25, 0.3) is 0 Å². The van der Waals surface area contributed by atoms with Crippen LogP contribution in [-0.2, 0) is 0 Å². The van der Waals surface area contributed by atoms with E-state index in [1.807, 2.05) is 30.3 Å². The van der Waals surface area contributed by atoms with Gasteiger partial charge in [0.05, 0.1) is 17.7 Å². The number of aliphatic hydroxyl groups is 1. The number of hydrogen-bond donors (Lipinski definition) is 2. The maximum Gasteiger partial charge on any atom is 0.0705 e. The average Bonchev–Trinajstić information content (AvgIpc) is 2.27. The summed E-state index contributed by atoms with van der Waals surface area (Å²) in [5, 5.41) is 10.5. The second-order valence-corrected chi connectivity index (χ2v) is 3.68. The van der Waals surface area contributed by atoms with E-state index >= 15 is 0 Å². The van der Waals surface area contributed by atoms with Crippen molar-refractivity contribution in [2.75, 3.05) is 0 Å². The van der Waals surface area contributed by atoms with Gasteiger partial charge in [0.1, 0.15) is 0 Å². The summed E-state index contributed by atoms with van der Waals surface area (Å²) < 4.78 is 0. The minimum atomic E-state index is -0.559. The average molecular weight is 202 g/mol. The first-order valence-corrected chi connectivity index (χ1v) is 4.97. The molecule has 0 saturated carbocycles. The van der Waals surface area contributed by atoms with Crippen LogP contribution in [0.4, 0.5) is 0 Å². The first-order valence-electron chi connectivity index (χ1n) is 4.97. The number of fused-ring (bicyclic) bond motifs is 1. The van der Waals surface area contributed by atoms with Crippen molar-refractivity contribution in [3.05, 3.63) is 42.1 Å². The third-order valence-electron chi connectivity index (χ3n) is 2.56. The Labute approximate surface area is 88.6 Å². The van der Waals surface area contributed by atoms with E-state index in [1.165, 1.54) is 0 Å². The van der Waals surface area contributed by atoms with Crippen molar-refractivity contribution in [3.8, 4) is 0 Å². The van der Waals surface area contributed by atoms with E-state index in [9.17, 15) is 5.11 Å². The molecular formula is C12H14N2O. The minimum Gasteiger partial charge on any atom is -0.391 e. The van der Waals surface area contributed by atoms with Crippen molar-refractivity contribution < 1.29 is 5.11 Å². The Balaban J connectivity index is 2.60. The normalized spacial score (nSPS) is 15.1. The molecule has 0 bridgehead atoms. The van der Waals surface area contributed by atoms with E-state index in [0.29, 0.717) is 0 Å². The van der Waals surface area contributed by atoms with Gasteiger partial charge in [-0.25, -0.2) is 0 Å². The topological polar surface area (TPSA) is 59.1 Å². The van der Waals surface area contributed by atoms with Gasteiger partial charge in [-0.05, 0) is 24.6 Å². The number of nitrogens with two attached hydrogens (primary N) is 1. The highest BCUT2D eigenvalue weighted by Crippen LogP contribution is 2.22. The fraction of sp³-hybridized carbons (Fsp3) is 0.250. The molecule has 0 fully saturated rings. The largest absolute Gasteiger partial charge is 0.391 e. The Hall–Kier alpha value is -1.45. The predicted molar refractivity (Wildman–Crippen MR) is 60.4 cm³/mol. The maximum absolute atomic E-state index is 9.49. The van der Waals surface area contributed by atoms with Crippen LogP contribution in [0.15, 0.2) is 36.5 Å². The number of aliphatic hydroxyl groups excluding tert-OH is 1. The van der Waals surface area contributed by atoms with Crippen LogP contribution in [0.5, 0.6) is 0 Å². The summed E-state index contributed by atoms with van der Waals surface area (Å²) in [5.74, 6) is 0. The van der Waals surface area contributed by atoms with Crippen LogP contribution in [0.25, 0.3) is 10.9 Å². The van der Waals surface area contributed by atoms with Crippen molar-refractivity contribution in [2.24, 2.45) is 5.73 Å². The van der Waals surface area contributed by atoms with Crippen LogP contribution in [0.2, 0.25) is 0 Å². The number of nitrogens with zero attached hydrogens (tertiary/aromatic N) is 1. The van der Waals surface area contributed by atoms with E-state index in [2.05, 4.69) is 4.98 Å². The van der Waals surface area contributed by atoms with Crippen molar-refractivity contribution in [1.82, 2.24) is 4.98 Å². The summed E-state index contributed by atoms with van der Waals surface area (Å²) in [7, 11) is 0. The molecule has 1 aromatic heterocycles. The van der Waals surface area contributed by atoms with Gasteiger partial charge in [0.2, 0.25) is 0 Å². The van der Waals surface area contributed by atoms with Gasteiger partial charge in [-0.1, -0.05) is 18.2 Å². The van der Waals surface area contributed by atoms with Gasteiger partial charge in [-0.3, -0.25) is 4.98 Å². The molecule has 2 aromatic rings. The Bertz CT molecular complexity index is 463. The number of hydrogen-bond acceptors (Lipinski definition) is 3. The SMILES string of the molecule is C[C@H](O)[C@H](N)c1ccnc2ccccc12. The van der Waals surface area contributed by atoms with Crippen LogP contribution in [0.3, 0.4) is 0 Å². The number of rotatable bonds is 2. The van der Waals surface area contributed by atoms with Crippen LogP contribution in [-0.4, -0.2) is 16.2 Å². The minimum absolute atomic E-state index is 0.363. The summed E-state index contributed by atoms with van der Waals surface area (Å²) in [6.07, 6.45) is 1.16. The van der Waals surface area contributed by atoms with Gasteiger partial charge in [0, 0.05) is 11.6 Å². The van der Waals surface area contributed by atoms with Crippen molar-refractivity contribution in [3.63, 3.8) is 0 Å². The lowest BCUT2D eigenvalue weighted by Crippen LogP contribution is -2.23. The highest BCUT2D eigenvalue weighted by molar-refractivity contribution is 5.82. The monoisotopic (exact) mass is 202 g/mol. The standard InChI is InChI=1S/C12H14N2O/c1-8(15)12(13)10-6-7-14-11-5-3-2-4-9(10)11/h2-8,12,15H,13H2,1H3/t8-,12-/m0/s1. The van der Waals surface area contributed by atoms with Gasteiger partial charge >= 0.3 is 0 Å². The van der Waals surface area contributed by atoms with Gasteiger partial charge in [0.15, 0.2) is 0 Å². The first kappa shape index (κ1) is 10.1. The van der Waals surface area contributed by atoms with Crippen LogP contribution < -0.4 is 5.73 Å². The molecule has 2 atom stereocenters. The highest BCUT2D eigenvalue weighted by Gasteiger charge is 2.14. The quantitative estimate of drug-likeness (QED) is 0.778. The molecule has 3 nitrogen and oxygen atoms in total. The Morgan fingerprint density at radius 3 is 2.73 bits per heavy atom. The number of benzene rings is 1. The predicted octanol–water partition coefficient (Wildman–Crippen LogP) is 1.62. The molecule has 1 heterocycles. The second kappa shape index (κ2) is 3.96. The molecule has 3 heteroatoms. The van der Waals surface area contributed by atoms with Crippen LogP contribution >= 0.6 is 0 Å². The maximum atomic E-state index is 9.49. The summed E-state index contributed by atoms with van der Waals surface area (Å²) in [4.78, 5) is 4.25. The highest BCUT2D eigenvalue weighted by atomic mass is 16.3. The molecule has 0 amide bonds. The molecule has 0 aliphatic heterocycles. The van der Waals surface area contributed by atoms with Gasteiger partial charge < -0.3 is 10.8 Å². The van der Waals surface area contributed by atoms with E-state index in [1.54, 1.807) is 13.1 Å². The smallest absolute Gasteiger partial charge is 0.0705 e. The first-order chi connectivity index (χ1) is 7.20. The van der Waals surface area contributed by atoms with Crippen LogP contribution in [0.1, 0.15) is 18.5 Å². The molecule has 78 valence electrons. The van der Waals surface area contributed by atoms with E-state index < -0.39 is 6.10 Å². The zero-order valence-corrected chi connectivity index (χ0v) is 8.59. The molecule has 0 radical (unpaired) electrons. The summed E-state index contributed by atoms with van der Waals surface area (Å²) >= 11 is 0. The summed E-state index contributed by atoms with van der Waals surface area (Å²) in [5.41, 5.74) is 7.77. The molecule has 0 aliphatic rings. The fourth-order valence-electron chi connectivity index (χ4n) is 1.67. The number of aromatic nitrogens is 1. The third-order valence-corrected chi connectivity index (χ3v) is 2.56. The second-order valence-electron chi connectivity index (χ2n) is 3.68. The molecular weight excluding hydrogens is 188 g/mol. The zero-order valence-electron chi connectivity index (χ0n) is 8.59. The molecule has 2 rings (SSSR count). The summed E-state index contributed by atoms with van der Waals surface area (Å²) in [6.45, 7) is 1.69. The molecule has 15 heavy (non-hydrogen) atoms. The lowest BCUT2D eigenvalue weighted by molar-refractivity contribution is 0.165. The Kier molecular flexibility index (Phi) is 2.66. The van der Waals surface area contributed by atoms with E-state index in [-0.39, 0.29) is 6.04 Å². The van der Waals surface area contributed by atoms with Gasteiger partial charge in [-0.2, -0.15) is 0 Å². The van der Waals surface area contributed by atoms with Crippen molar-refractivity contribution in [2.45, 2.75) is 19.1 Å². The molecule has 0 saturated heterocycles. The number of pyridine rings is 1. The van der Waals surface area contributed by atoms with Crippen molar-refractivity contribution >= 4 is 10.9 Å². The lowest BCUT2D eigenvalue weighted by Gasteiger charge is -2.16. The summed E-state index contributed by atoms with van der Waals surface area (Å²) in [6, 6.07) is 9.29. The van der Waals surface area contributed by atoms with Gasteiger partial charge in [-0.15, -0.1) is 0 Å². The zero-order chi connectivity index (χ0) is 10.8. The Morgan fingerprint density at radius 2 is 2.00 bits per heavy atom. The van der Waals surface area contributed by atoms with E-state index in [0.717, 1.165) is 16.5 Å². The Morgan fingerprint density at radius 1 is 1.27 bits per heavy atom. The van der Waals surface area contributed by atoms with E-state index in [4.69, 9.17) is 5.73 Å². The molecule has 0 aliphatic carbocycles. The van der Waals surface area contributed by atoms with Crippen molar-refractivity contribution in [1.29, 1.82) is 0 Å². The molecule has 1 aromatic carbocycles. The van der Waals surface area contributed by atoms with Crippen LogP contribution in [0, 0.1) is 0 Å². The number of para-hydroxylation sites is 1. The lowest BCUT2D eigenvalue weighted by atomic mass is 9.99. The third kappa shape index (κ3) is 1.84. The fourth-order valence-corrected chi connectivity index (χ4v) is 1.67. The molecule has 0 unspecified atom stereocenters. The molecule has 0 spiro atoms.